The van der Waals surface area contributed by atoms with Crippen LogP contribution in [0, 0.1) is 11.6 Å². The summed E-state index contributed by atoms with van der Waals surface area (Å²) in [6, 6.07) is 5.61. The van der Waals surface area contributed by atoms with Crippen LogP contribution in [0.15, 0.2) is 35.0 Å². The van der Waals surface area contributed by atoms with E-state index in [1.807, 2.05) is 0 Å². The van der Waals surface area contributed by atoms with Crippen LogP contribution in [0.5, 0.6) is 0 Å². The molecule has 7 nitrogen and oxygen atoms in total. The zero-order valence-corrected chi connectivity index (χ0v) is 12.5. The number of anilines is 1. The number of hydrogen-bond acceptors (Lipinski definition) is 6. The molecule has 9 heteroatoms. The number of carbonyl (C=O) groups is 2. The molecule has 1 fully saturated rings. The van der Waals surface area contributed by atoms with E-state index in [1.54, 1.807) is 24.4 Å². The molecule has 1 aliphatic heterocycles. The predicted octanol–water partition coefficient (Wildman–Crippen LogP) is 3.01. The van der Waals surface area contributed by atoms with Crippen LogP contribution in [-0.2, 0) is 4.74 Å². The number of benzene rings is 1. The number of fused-ring (bicyclic) bond motifs is 1. The van der Waals surface area contributed by atoms with Gasteiger partial charge in [0.2, 0.25) is 11.4 Å². The summed E-state index contributed by atoms with van der Waals surface area (Å²) in [6.45, 7) is 0.00835. The monoisotopic (exact) mass is 345 g/mol. The van der Waals surface area contributed by atoms with Crippen molar-refractivity contribution in [1.29, 1.82) is 0 Å². The average Bonchev–Trinajstić information content (AvgIpc) is 3.22. The van der Waals surface area contributed by atoms with Gasteiger partial charge in [-0.05, 0) is 18.2 Å². The second-order valence-electron chi connectivity index (χ2n) is 5.31. The van der Waals surface area contributed by atoms with Crippen LogP contribution in [0.3, 0.4) is 0 Å². The molecule has 0 N–H and O–H groups in total. The zero-order valence-electron chi connectivity index (χ0n) is 12.5. The number of nitrogens with zero attached hydrogens (tertiary/aromatic N) is 3. The van der Waals surface area contributed by atoms with Crippen LogP contribution < -0.4 is 4.90 Å². The van der Waals surface area contributed by atoms with E-state index >= 15 is 0 Å². The van der Waals surface area contributed by atoms with Gasteiger partial charge in [-0.1, -0.05) is 11.2 Å². The fourth-order valence-electron chi connectivity index (χ4n) is 2.73. The molecule has 0 saturated carbocycles. The van der Waals surface area contributed by atoms with E-state index < -0.39 is 34.9 Å². The second kappa shape index (κ2) is 5.62. The highest BCUT2D eigenvalue weighted by Crippen LogP contribution is 2.37. The largest absolute Gasteiger partial charge is 0.446 e. The minimum absolute atomic E-state index is 0.00835. The second-order valence-corrected chi connectivity index (χ2v) is 5.31. The Labute approximate surface area is 138 Å². The number of carbonyl (C=O) groups excluding carboxylic acids is 2. The molecule has 0 spiro atoms. The molecule has 3 aromatic rings. The molecule has 1 atom stereocenters. The van der Waals surface area contributed by atoms with Gasteiger partial charge in [0.1, 0.15) is 12.6 Å². The summed E-state index contributed by atoms with van der Waals surface area (Å²) in [4.78, 5) is 28.4. The summed E-state index contributed by atoms with van der Waals surface area (Å²) >= 11 is 0. The fraction of sp³-hybridized carbons (Fsp3) is 0.125. The summed E-state index contributed by atoms with van der Waals surface area (Å²) in [5.41, 5.74) is -0.461. The summed E-state index contributed by atoms with van der Waals surface area (Å²) in [5, 5.41) is 3.67. The Kier molecular flexibility index (Phi) is 3.41. The average molecular weight is 345 g/mol. The van der Waals surface area contributed by atoms with Gasteiger partial charge in [-0.25, -0.2) is 14.1 Å². The fourth-order valence-corrected chi connectivity index (χ4v) is 2.73. The molecular formula is C16H9F2N3O4. The molecular weight excluding hydrogens is 336 g/mol. The van der Waals surface area contributed by atoms with E-state index in [2.05, 4.69) is 10.1 Å². The van der Waals surface area contributed by atoms with Crippen molar-refractivity contribution in [2.75, 3.05) is 11.5 Å². The molecule has 0 bridgehead atoms. The van der Waals surface area contributed by atoms with Crippen molar-refractivity contribution in [1.82, 2.24) is 10.1 Å². The van der Waals surface area contributed by atoms with E-state index in [1.165, 1.54) is 0 Å². The SMILES string of the molecule is O=Cc1cc2c(N3C(=O)OCC3c3ccccn3)noc2c(F)c1F. The molecule has 0 aliphatic carbocycles. The molecule has 126 valence electrons. The Bertz CT molecular complexity index is 990. The van der Waals surface area contributed by atoms with Crippen molar-refractivity contribution >= 4 is 29.2 Å². The maximum Gasteiger partial charge on any atom is 0.416 e. The number of aldehydes is 1. The van der Waals surface area contributed by atoms with Gasteiger partial charge in [-0.3, -0.25) is 9.78 Å². The van der Waals surface area contributed by atoms with Crippen LogP contribution >= 0.6 is 0 Å². The van der Waals surface area contributed by atoms with Crippen LogP contribution in [0.25, 0.3) is 11.0 Å². The van der Waals surface area contributed by atoms with Gasteiger partial charge in [-0.2, -0.15) is 4.39 Å². The van der Waals surface area contributed by atoms with Gasteiger partial charge in [-0.15, -0.1) is 0 Å². The Hall–Kier alpha value is -3.36. The lowest BCUT2D eigenvalue weighted by Gasteiger charge is -2.18. The number of aromatic nitrogens is 2. The topological polar surface area (TPSA) is 85.5 Å². The highest BCUT2D eigenvalue weighted by atomic mass is 19.2. The third-order valence-electron chi connectivity index (χ3n) is 3.91. The normalized spacial score (nSPS) is 17.1. The summed E-state index contributed by atoms with van der Waals surface area (Å²) in [6.07, 6.45) is 0.993. The van der Waals surface area contributed by atoms with Crippen molar-refractivity contribution in [2.24, 2.45) is 0 Å². The Morgan fingerprint density at radius 3 is 2.84 bits per heavy atom. The van der Waals surface area contributed by atoms with Gasteiger partial charge in [0, 0.05) is 6.20 Å². The number of ether oxygens (including phenoxy) is 1. The molecule has 1 unspecified atom stereocenters. The lowest BCUT2D eigenvalue weighted by atomic mass is 10.1. The quantitative estimate of drug-likeness (QED) is 0.678. The highest BCUT2D eigenvalue weighted by Gasteiger charge is 2.39. The van der Waals surface area contributed by atoms with E-state index in [9.17, 15) is 18.4 Å². The molecule has 4 rings (SSSR count). The number of hydrogen-bond donors (Lipinski definition) is 0. The lowest BCUT2D eigenvalue weighted by molar-refractivity contribution is 0.111. The molecule has 1 aliphatic rings. The number of halogens is 2. The summed E-state index contributed by atoms with van der Waals surface area (Å²) in [7, 11) is 0. The summed E-state index contributed by atoms with van der Waals surface area (Å²) < 4.78 is 37.7. The van der Waals surface area contributed by atoms with Crippen LogP contribution in [0.4, 0.5) is 19.4 Å². The maximum absolute atomic E-state index is 14.0. The van der Waals surface area contributed by atoms with E-state index in [0.717, 1.165) is 11.0 Å². The van der Waals surface area contributed by atoms with Crippen molar-refractivity contribution in [3.63, 3.8) is 0 Å². The van der Waals surface area contributed by atoms with Crippen molar-refractivity contribution in [3.05, 3.63) is 53.4 Å². The van der Waals surface area contributed by atoms with Gasteiger partial charge in [0.05, 0.1) is 16.6 Å². The summed E-state index contributed by atoms with van der Waals surface area (Å²) in [5.74, 6) is -2.76. The minimum Gasteiger partial charge on any atom is -0.446 e. The highest BCUT2D eigenvalue weighted by molar-refractivity contribution is 6.01. The Morgan fingerprint density at radius 1 is 1.28 bits per heavy atom. The third-order valence-corrected chi connectivity index (χ3v) is 3.91. The first-order chi connectivity index (χ1) is 12.1. The molecule has 1 aromatic carbocycles. The Morgan fingerprint density at radius 2 is 2.12 bits per heavy atom. The van der Waals surface area contributed by atoms with Crippen molar-refractivity contribution in [3.8, 4) is 0 Å². The van der Waals surface area contributed by atoms with Gasteiger partial charge >= 0.3 is 6.09 Å². The van der Waals surface area contributed by atoms with Crippen LogP contribution in [0.1, 0.15) is 22.1 Å². The van der Waals surface area contributed by atoms with Crippen molar-refractivity contribution < 1.29 is 27.6 Å². The first-order valence-corrected chi connectivity index (χ1v) is 7.21. The van der Waals surface area contributed by atoms with Gasteiger partial charge in [0.25, 0.3) is 0 Å². The third kappa shape index (κ3) is 2.24. The van der Waals surface area contributed by atoms with Crippen molar-refractivity contribution in [2.45, 2.75) is 6.04 Å². The van der Waals surface area contributed by atoms with E-state index in [4.69, 9.17) is 9.26 Å². The molecule has 25 heavy (non-hydrogen) atoms. The standard InChI is InChI=1S/C16H9F2N3O4/c17-12-8(6-22)5-9-14(13(12)18)25-20-15(9)21-11(7-24-16(21)23)10-3-1-2-4-19-10/h1-6,11H,7H2. The van der Waals surface area contributed by atoms with E-state index in [0.29, 0.717) is 5.69 Å². The first kappa shape index (κ1) is 15.2. The molecule has 1 amide bonds. The predicted molar refractivity (Wildman–Crippen MR) is 80.1 cm³/mol. The van der Waals surface area contributed by atoms with E-state index in [-0.39, 0.29) is 24.1 Å². The molecule has 2 aromatic heterocycles. The zero-order chi connectivity index (χ0) is 17.6. The molecule has 3 heterocycles. The van der Waals surface area contributed by atoms with Gasteiger partial charge in [0.15, 0.2) is 17.9 Å². The lowest BCUT2D eigenvalue weighted by Crippen LogP contribution is -2.28. The number of rotatable bonds is 3. The maximum atomic E-state index is 14.0. The van der Waals surface area contributed by atoms with Gasteiger partial charge < -0.3 is 9.26 Å². The number of amides is 1. The number of cyclic esters (lactones) is 1. The minimum atomic E-state index is -1.35. The van der Waals surface area contributed by atoms with Crippen LogP contribution in [-0.4, -0.2) is 29.1 Å². The van der Waals surface area contributed by atoms with Crippen LogP contribution in [0.2, 0.25) is 0 Å². The molecule has 1 saturated heterocycles. The first-order valence-electron chi connectivity index (χ1n) is 7.21. The number of pyridine rings is 1. The Balaban J connectivity index is 1.89. The smallest absolute Gasteiger partial charge is 0.416 e. The molecule has 0 radical (unpaired) electrons.